The molecule has 1 rings (SSSR count). The first kappa shape index (κ1) is 16.2. The van der Waals surface area contributed by atoms with E-state index < -0.39 is 10.0 Å². The summed E-state index contributed by atoms with van der Waals surface area (Å²) in [6, 6.07) is 3.07. The maximum absolute atomic E-state index is 12.1. The minimum atomic E-state index is -3.56. The highest BCUT2D eigenvalue weighted by atomic mass is 32.2. The average molecular weight is 288 g/mol. The summed E-state index contributed by atoms with van der Waals surface area (Å²) in [6.45, 7) is 9.26. The van der Waals surface area contributed by atoms with Crippen molar-refractivity contribution in [3.05, 3.63) is 17.9 Å². The molecule has 110 valence electrons. The lowest BCUT2D eigenvalue weighted by Gasteiger charge is -2.18. The fraction of sp³-hybridized carbons (Fsp3) is 0.692. The Labute approximate surface area is 115 Å². The Hall–Kier alpha value is -0.850. The zero-order valence-electron chi connectivity index (χ0n) is 12.1. The molecule has 0 aromatic carbocycles. The van der Waals surface area contributed by atoms with Crippen LogP contribution in [0, 0.1) is 5.92 Å². The van der Waals surface area contributed by atoms with Crippen LogP contribution in [0.1, 0.15) is 39.9 Å². The van der Waals surface area contributed by atoms with Gasteiger partial charge in [0.1, 0.15) is 5.76 Å². The average Bonchev–Trinajstić information content (AvgIpc) is 2.84. The Morgan fingerprint density at radius 1 is 1.26 bits per heavy atom. The second kappa shape index (κ2) is 7.07. The van der Waals surface area contributed by atoms with Gasteiger partial charge >= 0.3 is 0 Å². The lowest BCUT2D eigenvalue weighted by atomic mass is 10.0. The van der Waals surface area contributed by atoms with Gasteiger partial charge in [-0.25, -0.2) is 13.1 Å². The number of rotatable bonds is 8. The third-order valence-electron chi connectivity index (χ3n) is 3.29. The van der Waals surface area contributed by atoms with Gasteiger partial charge in [-0.1, -0.05) is 27.2 Å². The minimum absolute atomic E-state index is 0.0180. The van der Waals surface area contributed by atoms with Crippen molar-refractivity contribution in [3.8, 4) is 0 Å². The normalized spacial score (nSPS) is 15.4. The highest BCUT2D eigenvalue weighted by molar-refractivity contribution is 7.89. The Balaban J connectivity index is 2.74. The summed E-state index contributed by atoms with van der Waals surface area (Å²) < 4.78 is 32.3. The molecule has 0 saturated heterocycles. The molecule has 0 bridgehead atoms. The van der Waals surface area contributed by atoms with E-state index in [4.69, 9.17) is 4.42 Å². The monoisotopic (exact) mass is 288 g/mol. The summed E-state index contributed by atoms with van der Waals surface area (Å²) in [7, 11) is -3.56. The van der Waals surface area contributed by atoms with E-state index in [2.05, 4.69) is 10.0 Å². The van der Waals surface area contributed by atoms with Crippen LogP contribution < -0.4 is 10.0 Å². The second-order valence-electron chi connectivity index (χ2n) is 4.80. The van der Waals surface area contributed by atoms with E-state index >= 15 is 0 Å². The van der Waals surface area contributed by atoms with Gasteiger partial charge in [0.25, 0.3) is 10.0 Å². The van der Waals surface area contributed by atoms with Crippen molar-refractivity contribution in [2.24, 2.45) is 5.92 Å². The molecule has 19 heavy (non-hydrogen) atoms. The van der Waals surface area contributed by atoms with Crippen LogP contribution in [0.3, 0.4) is 0 Å². The van der Waals surface area contributed by atoms with Crippen molar-refractivity contribution in [2.75, 3.05) is 6.54 Å². The van der Waals surface area contributed by atoms with Gasteiger partial charge in [-0.3, -0.25) is 0 Å². The molecule has 6 heteroatoms. The van der Waals surface area contributed by atoms with Crippen LogP contribution in [0.25, 0.3) is 0 Å². The van der Waals surface area contributed by atoms with E-state index in [1.54, 1.807) is 6.07 Å². The first-order valence-electron chi connectivity index (χ1n) is 6.72. The molecule has 1 aromatic heterocycles. The zero-order valence-corrected chi connectivity index (χ0v) is 12.9. The van der Waals surface area contributed by atoms with Crippen molar-refractivity contribution in [3.63, 3.8) is 0 Å². The van der Waals surface area contributed by atoms with Gasteiger partial charge in [0, 0.05) is 6.04 Å². The first-order valence-corrected chi connectivity index (χ1v) is 8.20. The summed E-state index contributed by atoms with van der Waals surface area (Å²) in [5, 5.41) is 3.07. The molecular formula is C13H24N2O3S. The molecule has 0 aliphatic heterocycles. The van der Waals surface area contributed by atoms with Crippen LogP contribution in [0.4, 0.5) is 0 Å². The van der Waals surface area contributed by atoms with Gasteiger partial charge in [0.05, 0.1) is 6.54 Å². The SMILES string of the molecule is CCNCc1ccc(S(=O)(=O)NC(C)C(C)CC)o1. The predicted molar refractivity (Wildman–Crippen MR) is 75.3 cm³/mol. The van der Waals surface area contributed by atoms with E-state index in [0.29, 0.717) is 12.3 Å². The van der Waals surface area contributed by atoms with E-state index in [1.165, 1.54) is 6.07 Å². The summed E-state index contributed by atoms with van der Waals surface area (Å²) in [6.07, 6.45) is 0.924. The molecule has 2 N–H and O–H groups in total. The third kappa shape index (κ3) is 4.63. The van der Waals surface area contributed by atoms with E-state index in [0.717, 1.165) is 13.0 Å². The van der Waals surface area contributed by atoms with Gasteiger partial charge in [-0.05, 0) is 31.5 Å². The molecule has 0 saturated carbocycles. The highest BCUT2D eigenvalue weighted by Gasteiger charge is 2.23. The molecule has 5 nitrogen and oxygen atoms in total. The Kier molecular flexibility index (Phi) is 6.03. The highest BCUT2D eigenvalue weighted by Crippen LogP contribution is 2.16. The standard InChI is InChI=1S/C13H24N2O3S/c1-5-10(3)11(4)15-19(16,17)13-8-7-12(18-13)9-14-6-2/h7-8,10-11,14-15H,5-6,9H2,1-4H3. The number of hydrogen-bond acceptors (Lipinski definition) is 4. The van der Waals surface area contributed by atoms with Crippen molar-refractivity contribution >= 4 is 10.0 Å². The summed E-state index contributed by atoms with van der Waals surface area (Å²) in [5.74, 6) is 0.907. The van der Waals surface area contributed by atoms with Gasteiger partial charge in [0.2, 0.25) is 5.09 Å². The maximum Gasteiger partial charge on any atom is 0.274 e. The Morgan fingerprint density at radius 3 is 2.53 bits per heavy atom. The fourth-order valence-corrected chi connectivity index (χ4v) is 2.92. The molecule has 0 spiro atoms. The Bertz CT molecular complexity index is 482. The van der Waals surface area contributed by atoms with E-state index in [-0.39, 0.29) is 17.1 Å². The first-order chi connectivity index (χ1) is 8.90. The van der Waals surface area contributed by atoms with Crippen LogP contribution in [0.5, 0.6) is 0 Å². The molecular weight excluding hydrogens is 264 g/mol. The summed E-state index contributed by atoms with van der Waals surface area (Å²) in [5.41, 5.74) is 0. The molecule has 0 amide bonds. The quantitative estimate of drug-likeness (QED) is 0.768. The minimum Gasteiger partial charge on any atom is -0.447 e. The Morgan fingerprint density at radius 2 is 1.95 bits per heavy atom. The second-order valence-corrected chi connectivity index (χ2v) is 6.44. The topological polar surface area (TPSA) is 71.3 Å². The maximum atomic E-state index is 12.1. The van der Waals surface area contributed by atoms with Crippen LogP contribution >= 0.6 is 0 Å². The van der Waals surface area contributed by atoms with Gasteiger partial charge < -0.3 is 9.73 Å². The molecule has 0 aliphatic rings. The molecule has 1 heterocycles. The predicted octanol–water partition coefficient (Wildman–Crippen LogP) is 2.10. The largest absolute Gasteiger partial charge is 0.447 e. The van der Waals surface area contributed by atoms with Gasteiger partial charge in [-0.15, -0.1) is 0 Å². The summed E-state index contributed by atoms with van der Waals surface area (Å²) in [4.78, 5) is 0. The molecule has 0 aliphatic carbocycles. The number of furan rings is 1. The molecule has 2 unspecified atom stereocenters. The number of sulfonamides is 1. The van der Waals surface area contributed by atoms with Crippen molar-refractivity contribution in [2.45, 2.75) is 51.8 Å². The fourth-order valence-electron chi connectivity index (χ4n) is 1.62. The number of nitrogens with one attached hydrogen (secondary N) is 2. The smallest absolute Gasteiger partial charge is 0.274 e. The zero-order chi connectivity index (χ0) is 14.5. The van der Waals surface area contributed by atoms with Crippen LogP contribution in [0.15, 0.2) is 21.6 Å². The summed E-state index contributed by atoms with van der Waals surface area (Å²) >= 11 is 0. The molecule has 0 fully saturated rings. The van der Waals surface area contributed by atoms with Crippen molar-refractivity contribution in [1.29, 1.82) is 0 Å². The van der Waals surface area contributed by atoms with Crippen molar-refractivity contribution < 1.29 is 12.8 Å². The van der Waals surface area contributed by atoms with E-state index in [1.807, 2.05) is 27.7 Å². The lowest BCUT2D eigenvalue weighted by Crippen LogP contribution is -2.36. The molecule has 1 aromatic rings. The number of hydrogen-bond donors (Lipinski definition) is 2. The van der Waals surface area contributed by atoms with Gasteiger partial charge in [0.15, 0.2) is 0 Å². The van der Waals surface area contributed by atoms with E-state index in [9.17, 15) is 8.42 Å². The van der Waals surface area contributed by atoms with Crippen LogP contribution in [-0.2, 0) is 16.6 Å². The third-order valence-corrected chi connectivity index (χ3v) is 4.72. The molecule has 2 atom stereocenters. The van der Waals surface area contributed by atoms with Crippen molar-refractivity contribution in [1.82, 2.24) is 10.0 Å². The molecule has 0 radical (unpaired) electrons. The van der Waals surface area contributed by atoms with Crippen LogP contribution in [-0.4, -0.2) is 21.0 Å². The lowest BCUT2D eigenvalue weighted by molar-refractivity contribution is 0.389. The van der Waals surface area contributed by atoms with Crippen LogP contribution in [0.2, 0.25) is 0 Å². The van der Waals surface area contributed by atoms with Gasteiger partial charge in [-0.2, -0.15) is 0 Å².